The van der Waals surface area contributed by atoms with Gasteiger partial charge in [-0.15, -0.1) is 0 Å². The molecule has 2 saturated heterocycles. The highest BCUT2D eigenvalue weighted by Gasteiger charge is 2.37. The van der Waals surface area contributed by atoms with Crippen LogP contribution in [0.25, 0.3) is 0 Å². The van der Waals surface area contributed by atoms with Crippen molar-refractivity contribution < 1.29 is 19.5 Å². The van der Waals surface area contributed by atoms with E-state index in [0.29, 0.717) is 32.6 Å². The van der Waals surface area contributed by atoms with Crippen molar-refractivity contribution >= 4 is 17.8 Å². The lowest BCUT2D eigenvalue weighted by Gasteiger charge is -2.37. The van der Waals surface area contributed by atoms with Gasteiger partial charge in [0, 0.05) is 31.6 Å². The average Bonchev–Trinajstić information content (AvgIpc) is 2.95. The molecule has 1 N–H and O–H groups in total. The zero-order valence-corrected chi connectivity index (χ0v) is 13.7. The van der Waals surface area contributed by atoms with Crippen LogP contribution in [0.1, 0.15) is 40.0 Å². The summed E-state index contributed by atoms with van der Waals surface area (Å²) in [7, 11) is 0. The van der Waals surface area contributed by atoms with Crippen molar-refractivity contribution in [2.45, 2.75) is 40.0 Å². The van der Waals surface area contributed by atoms with Gasteiger partial charge in [-0.1, -0.05) is 20.8 Å². The van der Waals surface area contributed by atoms with Crippen molar-refractivity contribution in [1.29, 1.82) is 0 Å². The maximum absolute atomic E-state index is 12.6. The van der Waals surface area contributed by atoms with E-state index in [-0.39, 0.29) is 17.7 Å². The number of carbonyl (C=O) groups excluding carboxylic acids is 2. The Kier molecular flexibility index (Phi) is 4.78. The van der Waals surface area contributed by atoms with E-state index in [1.165, 1.54) is 0 Å². The second kappa shape index (κ2) is 6.26. The summed E-state index contributed by atoms with van der Waals surface area (Å²) < 4.78 is 0. The molecule has 6 nitrogen and oxygen atoms in total. The number of piperidine rings is 1. The van der Waals surface area contributed by atoms with E-state index in [4.69, 9.17) is 5.11 Å². The van der Waals surface area contributed by atoms with Crippen LogP contribution in [-0.2, 0) is 14.4 Å². The average molecular weight is 310 g/mol. The SMILES string of the molecule is CC(C)(C)C(=O)N1CCCC(C(=O)N2CCC(C(=O)O)C2)C1. The molecule has 2 atom stereocenters. The Morgan fingerprint density at radius 2 is 1.59 bits per heavy atom. The fourth-order valence-corrected chi connectivity index (χ4v) is 3.26. The molecule has 2 unspecified atom stereocenters. The number of likely N-dealkylation sites (tertiary alicyclic amines) is 2. The van der Waals surface area contributed by atoms with E-state index < -0.39 is 17.3 Å². The molecular formula is C16H26N2O4. The molecule has 2 rings (SSSR count). The third-order valence-electron chi connectivity index (χ3n) is 4.55. The summed E-state index contributed by atoms with van der Waals surface area (Å²) in [5.41, 5.74) is -0.438. The first-order chi connectivity index (χ1) is 10.2. The van der Waals surface area contributed by atoms with Crippen molar-refractivity contribution in [2.75, 3.05) is 26.2 Å². The minimum absolute atomic E-state index is 0.00941. The zero-order chi connectivity index (χ0) is 16.5. The third-order valence-corrected chi connectivity index (χ3v) is 4.55. The first-order valence-corrected chi connectivity index (χ1v) is 8.01. The fourth-order valence-electron chi connectivity index (χ4n) is 3.26. The maximum atomic E-state index is 12.6. The van der Waals surface area contributed by atoms with Crippen molar-refractivity contribution in [3.63, 3.8) is 0 Å². The van der Waals surface area contributed by atoms with Crippen molar-refractivity contribution in [1.82, 2.24) is 9.80 Å². The normalized spacial score (nSPS) is 26.1. The Balaban J connectivity index is 1.96. The molecule has 2 fully saturated rings. The highest BCUT2D eigenvalue weighted by molar-refractivity contribution is 5.84. The van der Waals surface area contributed by atoms with Gasteiger partial charge in [0.15, 0.2) is 0 Å². The molecule has 0 bridgehead atoms. The maximum Gasteiger partial charge on any atom is 0.308 e. The van der Waals surface area contributed by atoms with E-state index in [9.17, 15) is 14.4 Å². The number of carboxylic acid groups (broad SMARTS) is 1. The zero-order valence-electron chi connectivity index (χ0n) is 13.7. The third kappa shape index (κ3) is 3.59. The number of hydrogen-bond donors (Lipinski definition) is 1. The predicted molar refractivity (Wildman–Crippen MR) is 81.1 cm³/mol. The van der Waals surface area contributed by atoms with Crippen LogP contribution in [0.4, 0.5) is 0 Å². The minimum atomic E-state index is -0.830. The Bertz CT molecular complexity index is 469. The van der Waals surface area contributed by atoms with E-state index in [0.717, 1.165) is 12.8 Å². The highest BCUT2D eigenvalue weighted by Crippen LogP contribution is 2.26. The summed E-state index contributed by atoms with van der Waals surface area (Å²) in [6.07, 6.45) is 2.13. The Morgan fingerprint density at radius 3 is 2.14 bits per heavy atom. The molecule has 2 heterocycles. The minimum Gasteiger partial charge on any atom is -0.481 e. The van der Waals surface area contributed by atoms with Gasteiger partial charge >= 0.3 is 5.97 Å². The first kappa shape index (κ1) is 16.8. The van der Waals surface area contributed by atoms with Crippen LogP contribution in [-0.4, -0.2) is 58.9 Å². The van der Waals surface area contributed by atoms with Crippen LogP contribution in [0.2, 0.25) is 0 Å². The number of nitrogens with zero attached hydrogens (tertiary/aromatic N) is 2. The van der Waals surface area contributed by atoms with Crippen molar-refractivity contribution in [2.24, 2.45) is 17.3 Å². The first-order valence-electron chi connectivity index (χ1n) is 8.01. The second-order valence-electron chi connectivity index (χ2n) is 7.45. The van der Waals surface area contributed by atoms with E-state index in [2.05, 4.69) is 0 Å². The monoisotopic (exact) mass is 310 g/mol. The molecule has 2 aliphatic heterocycles. The Morgan fingerprint density at radius 1 is 0.955 bits per heavy atom. The molecule has 0 saturated carbocycles. The molecule has 0 spiro atoms. The van der Waals surface area contributed by atoms with Crippen molar-refractivity contribution in [3.05, 3.63) is 0 Å². The number of hydrogen-bond acceptors (Lipinski definition) is 3. The molecule has 0 aliphatic carbocycles. The van der Waals surface area contributed by atoms with E-state index in [1.54, 1.807) is 9.80 Å². The summed E-state index contributed by atoms with van der Waals surface area (Å²) in [6, 6.07) is 0. The van der Waals surface area contributed by atoms with Crippen LogP contribution in [0, 0.1) is 17.3 Å². The number of carboxylic acids is 1. The Labute approximate surface area is 131 Å². The lowest BCUT2D eigenvalue weighted by atomic mass is 9.90. The number of aliphatic carboxylic acids is 1. The van der Waals surface area contributed by atoms with E-state index >= 15 is 0 Å². The lowest BCUT2D eigenvalue weighted by molar-refractivity contribution is -0.145. The molecule has 6 heteroatoms. The number of amides is 2. The summed E-state index contributed by atoms with van der Waals surface area (Å²) in [4.78, 5) is 39.4. The van der Waals surface area contributed by atoms with E-state index in [1.807, 2.05) is 20.8 Å². The van der Waals surface area contributed by atoms with Crippen LogP contribution in [0.3, 0.4) is 0 Å². The molecule has 2 amide bonds. The van der Waals surface area contributed by atoms with Gasteiger partial charge < -0.3 is 14.9 Å². The molecule has 124 valence electrons. The molecule has 22 heavy (non-hydrogen) atoms. The van der Waals surface area contributed by atoms with Gasteiger partial charge in [0.25, 0.3) is 0 Å². The Hall–Kier alpha value is -1.59. The fraction of sp³-hybridized carbons (Fsp3) is 0.812. The molecule has 0 aromatic carbocycles. The van der Waals surface area contributed by atoms with Gasteiger partial charge in [0.1, 0.15) is 0 Å². The van der Waals surface area contributed by atoms with Crippen LogP contribution < -0.4 is 0 Å². The molecule has 0 aromatic rings. The van der Waals surface area contributed by atoms with Gasteiger partial charge in [-0.3, -0.25) is 14.4 Å². The lowest BCUT2D eigenvalue weighted by Crippen LogP contribution is -2.49. The predicted octanol–water partition coefficient (Wildman–Crippen LogP) is 1.20. The van der Waals surface area contributed by atoms with Crippen molar-refractivity contribution in [3.8, 4) is 0 Å². The van der Waals surface area contributed by atoms with Gasteiger partial charge in [-0.2, -0.15) is 0 Å². The van der Waals surface area contributed by atoms with Crippen LogP contribution >= 0.6 is 0 Å². The molecule has 0 aromatic heterocycles. The summed E-state index contributed by atoms with van der Waals surface area (Å²) >= 11 is 0. The molecule has 2 aliphatic rings. The second-order valence-corrected chi connectivity index (χ2v) is 7.45. The van der Waals surface area contributed by atoms with Gasteiger partial charge in [-0.05, 0) is 19.3 Å². The summed E-state index contributed by atoms with van der Waals surface area (Å²) in [6.45, 7) is 7.65. The van der Waals surface area contributed by atoms with Crippen LogP contribution in [0.15, 0.2) is 0 Å². The van der Waals surface area contributed by atoms with Gasteiger partial charge in [0.05, 0.1) is 11.8 Å². The summed E-state index contributed by atoms with van der Waals surface area (Å²) in [5.74, 6) is -1.37. The molecular weight excluding hydrogens is 284 g/mol. The standard InChI is InChI=1S/C16H26N2O4/c1-16(2,3)15(22)18-7-4-5-11(9-18)13(19)17-8-6-12(10-17)14(20)21/h11-12H,4-10H2,1-3H3,(H,20,21). The van der Waals surface area contributed by atoms with Crippen LogP contribution in [0.5, 0.6) is 0 Å². The smallest absolute Gasteiger partial charge is 0.308 e. The van der Waals surface area contributed by atoms with Gasteiger partial charge in [-0.25, -0.2) is 0 Å². The largest absolute Gasteiger partial charge is 0.481 e. The summed E-state index contributed by atoms with van der Waals surface area (Å²) in [5, 5.41) is 9.04. The highest BCUT2D eigenvalue weighted by atomic mass is 16.4. The van der Waals surface area contributed by atoms with Gasteiger partial charge in [0.2, 0.25) is 11.8 Å². The number of rotatable bonds is 2. The molecule has 0 radical (unpaired) electrons. The topological polar surface area (TPSA) is 77.9 Å². The number of carbonyl (C=O) groups is 3. The quantitative estimate of drug-likeness (QED) is 0.831.